The molecule has 34 heavy (non-hydrogen) atoms. The number of hydrogen-bond acceptors (Lipinski definition) is 7. The summed E-state index contributed by atoms with van der Waals surface area (Å²) < 4.78 is 19.2. The summed E-state index contributed by atoms with van der Waals surface area (Å²) in [7, 11) is 0. The molecule has 0 fully saturated rings. The number of carbonyl (C=O) groups excluding carboxylic acids is 2. The van der Waals surface area contributed by atoms with Gasteiger partial charge in [-0.05, 0) is 44.2 Å². The predicted molar refractivity (Wildman–Crippen MR) is 127 cm³/mol. The summed E-state index contributed by atoms with van der Waals surface area (Å²) in [5.41, 5.74) is 3.06. The molecule has 1 aliphatic rings. The summed E-state index contributed by atoms with van der Waals surface area (Å²) in [6, 6.07) is 16.2. The van der Waals surface area contributed by atoms with Crippen LogP contribution in [0, 0.1) is 13.8 Å². The van der Waals surface area contributed by atoms with E-state index in [4.69, 9.17) is 19.3 Å². The Balaban J connectivity index is 1.40. The van der Waals surface area contributed by atoms with Crippen molar-refractivity contribution in [3.05, 3.63) is 77.1 Å². The first-order chi connectivity index (χ1) is 16.5. The van der Waals surface area contributed by atoms with Crippen molar-refractivity contribution in [2.24, 2.45) is 0 Å². The van der Waals surface area contributed by atoms with E-state index in [1.807, 2.05) is 42.7 Å². The van der Waals surface area contributed by atoms with E-state index in [0.717, 1.165) is 17.1 Å². The molecule has 2 N–H and O–H groups in total. The first-order valence-corrected chi connectivity index (χ1v) is 11.2. The molecule has 2 aromatic carbocycles. The zero-order valence-corrected chi connectivity index (χ0v) is 19.2. The smallest absolute Gasteiger partial charge is 0.340 e. The molecule has 2 heterocycles. The molecular weight excluding hydrogens is 436 g/mol. The van der Waals surface area contributed by atoms with Crippen LogP contribution in [0.25, 0.3) is 0 Å². The van der Waals surface area contributed by atoms with Gasteiger partial charge in [0.05, 0.1) is 18.7 Å². The van der Waals surface area contributed by atoms with Gasteiger partial charge in [-0.15, -0.1) is 0 Å². The highest BCUT2D eigenvalue weighted by molar-refractivity contribution is 6.01. The van der Waals surface area contributed by atoms with E-state index >= 15 is 0 Å². The van der Waals surface area contributed by atoms with Crippen LogP contribution in [-0.4, -0.2) is 53.9 Å². The second-order valence-corrected chi connectivity index (χ2v) is 8.09. The van der Waals surface area contributed by atoms with Crippen LogP contribution in [0.3, 0.4) is 0 Å². The summed E-state index contributed by atoms with van der Waals surface area (Å²) in [4.78, 5) is 25.5. The molecule has 0 spiro atoms. The Hall–Kier alpha value is -3.78. The Labute approximate surface area is 198 Å². The minimum absolute atomic E-state index is 0.0674. The molecular formula is C26H28N2O6. The molecule has 0 saturated heterocycles. The number of fused-ring (bicyclic) bond motifs is 1. The van der Waals surface area contributed by atoms with Crippen LogP contribution < -0.4 is 14.8 Å². The van der Waals surface area contributed by atoms with Crippen molar-refractivity contribution >= 4 is 17.4 Å². The van der Waals surface area contributed by atoms with Crippen molar-refractivity contribution < 1.29 is 28.9 Å². The lowest BCUT2D eigenvalue weighted by Crippen LogP contribution is -2.33. The number of ketones is 1. The average molecular weight is 465 g/mol. The second kappa shape index (κ2) is 10.4. The maximum Gasteiger partial charge on any atom is 0.340 e. The summed E-state index contributed by atoms with van der Waals surface area (Å²) in [6.07, 6.45) is -0.191. The standard InChI is InChI=1S/C26H28N2O6/c1-17-13-21(18(2)28(17)14-19-15-32-24-9-5-6-10-25(24)34-19)23(30)16-33-26(31)20-7-3-4-8-22(20)27-11-12-29/h3-10,13,19,27,29H,11-12,14-16H2,1-2H3. The molecule has 3 aromatic rings. The number of anilines is 1. The van der Waals surface area contributed by atoms with Crippen LogP contribution >= 0.6 is 0 Å². The monoisotopic (exact) mass is 464 g/mol. The number of Topliss-reactive ketones (excluding diaryl/α,β-unsaturated/α-hetero) is 1. The van der Waals surface area contributed by atoms with Gasteiger partial charge in [0.2, 0.25) is 5.78 Å². The lowest BCUT2D eigenvalue weighted by atomic mass is 10.1. The summed E-state index contributed by atoms with van der Waals surface area (Å²) in [5, 5.41) is 12.0. The van der Waals surface area contributed by atoms with E-state index in [1.165, 1.54) is 0 Å². The van der Waals surface area contributed by atoms with Gasteiger partial charge in [-0.1, -0.05) is 24.3 Å². The third kappa shape index (κ3) is 5.07. The predicted octanol–water partition coefficient (Wildman–Crippen LogP) is 3.39. The van der Waals surface area contributed by atoms with Crippen molar-refractivity contribution in [3.8, 4) is 11.5 Å². The third-order valence-electron chi connectivity index (χ3n) is 5.74. The summed E-state index contributed by atoms with van der Waals surface area (Å²) in [5.74, 6) is 0.554. The number of benzene rings is 2. The maximum atomic E-state index is 12.9. The van der Waals surface area contributed by atoms with E-state index in [2.05, 4.69) is 5.32 Å². The van der Waals surface area contributed by atoms with Gasteiger partial charge in [-0.3, -0.25) is 4.79 Å². The lowest BCUT2D eigenvalue weighted by Gasteiger charge is -2.27. The van der Waals surface area contributed by atoms with Gasteiger partial charge < -0.3 is 29.2 Å². The third-order valence-corrected chi connectivity index (χ3v) is 5.74. The fourth-order valence-electron chi connectivity index (χ4n) is 4.01. The molecule has 0 bridgehead atoms. The fraction of sp³-hybridized carbons (Fsp3) is 0.308. The number of nitrogens with zero attached hydrogens (tertiary/aromatic N) is 1. The Morgan fingerprint density at radius 1 is 1.09 bits per heavy atom. The lowest BCUT2D eigenvalue weighted by molar-refractivity contribution is 0.0475. The number of rotatable bonds is 9. The van der Waals surface area contributed by atoms with Crippen LogP contribution in [-0.2, 0) is 11.3 Å². The zero-order chi connectivity index (χ0) is 24.1. The first kappa shape index (κ1) is 23.4. The SMILES string of the molecule is Cc1cc(C(=O)COC(=O)c2ccccc2NCCO)c(C)n1CC1COc2ccccc2O1. The molecule has 178 valence electrons. The molecule has 1 aliphatic heterocycles. The molecule has 8 nitrogen and oxygen atoms in total. The molecule has 8 heteroatoms. The van der Waals surface area contributed by atoms with Crippen LogP contribution in [0.15, 0.2) is 54.6 Å². The molecule has 1 atom stereocenters. The Bertz CT molecular complexity index is 1190. The van der Waals surface area contributed by atoms with E-state index in [-0.39, 0.29) is 25.1 Å². The quantitative estimate of drug-likeness (QED) is 0.370. The number of aliphatic hydroxyl groups is 1. The van der Waals surface area contributed by atoms with Crippen LogP contribution in [0.5, 0.6) is 11.5 Å². The first-order valence-electron chi connectivity index (χ1n) is 11.2. The van der Waals surface area contributed by atoms with Crippen LogP contribution in [0.1, 0.15) is 32.1 Å². The number of hydrogen-bond donors (Lipinski definition) is 2. The number of carbonyl (C=O) groups is 2. The normalized spacial score (nSPS) is 14.5. The molecule has 0 radical (unpaired) electrons. The number of para-hydroxylation sites is 3. The molecule has 1 unspecified atom stereocenters. The van der Waals surface area contributed by atoms with Gasteiger partial charge in [-0.25, -0.2) is 4.79 Å². The number of nitrogens with one attached hydrogen (secondary N) is 1. The van der Waals surface area contributed by atoms with E-state index in [0.29, 0.717) is 42.3 Å². The zero-order valence-electron chi connectivity index (χ0n) is 19.2. The number of aromatic nitrogens is 1. The Morgan fingerprint density at radius 3 is 2.62 bits per heavy atom. The average Bonchev–Trinajstić information content (AvgIpc) is 3.14. The molecule has 4 rings (SSSR count). The Morgan fingerprint density at radius 2 is 1.82 bits per heavy atom. The topological polar surface area (TPSA) is 99.0 Å². The second-order valence-electron chi connectivity index (χ2n) is 8.09. The van der Waals surface area contributed by atoms with Crippen molar-refractivity contribution in [3.63, 3.8) is 0 Å². The minimum Gasteiger partial charge on any atom is -0.486 e. The van der Waals surface area contributed by atoms with Gasteiger partial charge in [-0.2, -0.15) is 0 Å². The molecule has 1 aromatic heterocycles. The number of ether oxygens (including phenoxy) is 3. The van der Waals surface area contributed by atoms with E-state index in [1.54, 1.807) is 30.3 Å². The molecule has 0 amide bonds. The van der Waals surface area contributed by atoms with E-state index < -0.39 is 5.97 Å². The van der Waals surface area contributed by atoms with Gasteiger partial charge in [0.1, 0.15) is 6.61 Å². The van der Waals surface area contributed by atoms with Crippen molar-refractivity contribution in [2.75, 3.05) is 31.7 Å². The van der Waals surface area contributed by atoms with Crippen molar-refractivity contribution in [1.82, 2.24) is 4.57 Å². The highest BCUT2D eigenvalue weighted by Gasteiger charge is 2.24. The van der Waals surface area contributed by atoms with Crippen molar-refractivity contribution in [1.29, 1.82) is 0 Å². The van der Waals surface area contributed by atoms with Gasteiger partial charge in [0.25, 0.3) is 0 Å². The fourth-order valence-corrected chi connectivity index (χ4v) is 4.01. The minimum atomic E-state index is -0.602. The Kier molecular flexibility index (Phi) is 7.18. The number of aliphatic hydroxyl groups excluding tert-OH is 1. The number of esters is 1. The maximum absolute atomic E-state index is 12.9. The summed E-state index contributed by atoms with van der Waals surface area (Å²) in [6.45, 7) is 4.61. The number of aryl methyl sites for hydroxylation is 1. The van der Waals surface area contributed by atoms with Crippen LogP contribution in [0.2, 0.25) is 0 Å². The molecule has 0 saturated carbocycles. The van der Waals surface area contributed by atoms with Gasteiger partial charge >= 0.3 is 5.97 Å². The highest BCUT2D eigenvalue weighted by atomic mass is 16.6. The highest BCUT2D eigenvalue weighted by Crippen LogP contribution is 2.31. The van der Waals surface area contributed by atoms with Gasteiger partial charge in [0.15, 0.2) is 24.2 Å². The van der Waals surface area contributed by atoms with Crippen molar-refractivity contribution in [2.45, 2.75) is 26.5 Å². The van der Waals surface area contributed by atoms with Crippen LogP contribution in [0.4, 0.5) is 5.69 Å². The van der Waals surface area contributed by atoms with E-state index in [9.17, 15) is 9.59 Å². The summed E-state index contributed by atoms with van der Waals surface area (Å²) >= 11 is 0. The molecule has 0 aliphatic carbocycles. The largest absolute Gasteiger partial charge is 0.486 e. The van der Waals surface area contributed by atoms with Gasteiger partial charge in [0, 0.05) is 29.2 Å².